The van der Waals surface area contributed by atoms with E-state index in [1.807, 2.05) is 20.8 Å². The lowest BCUT2D eigenvalue weighted by Gasteiger charge is -2.34. The highest BCUT2D eigenvalue weighted by molar-refractivity contribution is 7.89. The number of benzene rings is 1. The molecule has 3 rings (SSSR count). The second-order valence-electron chi connectivity index (χ2n) is 7.77. The molecular weight excluding hydrogens is 452 g/mol. The first-order valence-electron chi connectivity index (χ1n) is 10.4. The van der Waals surface area contributed by atoms with E-state index < -0.39 is 21.9 Å². The molecule has 0 saturated carbocycles. The molecule has 1 aromatic carbocycles. The average molecular weight is 481 g/mol. The molecule has 1 aliphatic heterocycles. The Morgan fingerprint density at radius 3 is 2.50 bits per heavy atom. The number of nitrogens with zero attached hydrogens (tertiary/aromatic N) is 1. The van der Waals surface area contributed by atoms with Gasteiger partial charge in [0.1, 0.15) is 5.00 Å². The molecule has 0 spiro atoms. The summed E-state index contributed by atoms with van der Waals surface area (Å²) in [6.45, 7) is 9.74. The number of hydrogen-bond donors (Lipinski definition) is 1. The minimum absolute atomic E-state index is 0.0376. The van der Waals surface area contributed by atoms with E-state index >= 15 is 0 Å². The van der Waals surface area contributed by atoms with Crippen LogP contribution in [0.1, 0.15) is 51.9 Å². The van der Waals surface area contributed by atoms with E-state index in [2.05, 4.69) is 5.32 Å². The summed E-state index contributed by atoms with van der Waals surface area (Å²) in [6, 6.07) is 5.90. The predicted octanol–water partition coefficient (Wildman–Crippen LogP) is 3.59. The third kappa shape index (κ3) is 5.03. The number of ether oxygens (including phenoxy) is 2. The number of aryl methyl sites for hydroxylation is 1. The Morgan fingerprint density at radius 2 is 1.88 bits per heavy atom. The minimum atomic E-state index is -3.79. The first-order valence-corrected chi connectivity index (χ1v) is 12.6. The van der Waals surface area contributed by atoms with Gasteiger partial charge in [-0.1, -0.05) is 6.07 Å². The van der Waals surface area contributed by atoms with E-state index in [9.17, 15) is 18.0 Å². The van der Waals surface area contributed by atoms with Gasteiger partial charge in [-0.05, 0) is 58.4 Å². The zero-order chi connectivity index (χ0) is 23.6. The molecule has 32 heavy (non-hydrogen) atoms. The standard InChI is InChI=1S/C22H28N2O6S2/c1-6-29-22(26)19-15(4)16(5)31-21(19)23-20(25)17-8-7-9-18(10-17)32(27,28)24-11-13(2)30-14(3)12-24/h7-10,13-14H,6,11-12H2,1-5H3,(H,23,25)/t13-,14-/m0/s1. The largest absolute Gasteiger partial charge is 0.462 e. The van der Waals surface area contributed by atoms with Crippen molar-refractivity contribution in [3.8, 4) is 0 Å². The van der Waals surface area contributed by atoms with E-state index in [1.165, 1.54) is 39.9 Å². The molecule has 8 nitrogen and oxygen atoms in total. The Balaban J connectivity index is 1.87. The number of sulfonamides is 1. The van der Waals surface area contributed by atoms with E-state index in [1.54, 1.807) is 13.8 Å². The van der Waals surface area contributed by atoms with Gasteiger partial charge in [-0.15, -0.1) is 11.3 Å². The fourth-order valence-electron chi connectivity index (χ4n) is 3.61. The molecule has 2 aromatic rings. The average Bonchev–Trinajstić information content (AvgIpc) is 3.00. The quantitative estimate of drug-likeness (QED) is 0.634. The third-order valence-electron chi connectivity index (χ3n) is 5.21. The summed E-state index contributed by atoms with van der Waals surface area (Å²) in [7, 11) is -3.79. The van der Waals surface area contributed by atoms with Crippen molar-refractivity contribution in [3.63, 3.8) is 0 Å². The highest BCUT2D eigenvalue weighted by Gasteiger charge is 2.32. The maximum atomic E-state index is 13.2. The third-order valence-corrected chi connectivity index (χ3v) is 8.16. The second kappa shape index (κ2) is 9.70. The van der Waals surface area contributed by atoms with Crippen LogP contribution in [0, 0.1) is 13.8 Å². The molecular formula is C22H28N2O6S2. The number of anilines is 1. The van der Waals surface area contributed by atoms with Crippen molar-refractivity contribution in [2.75, 3.05) is 25.0 Å². The van der Waals surface area contributed by atoms with Crippen LogP contribution in [0.15, 0.2) is 29.2 Å². The summed E-state index contributed by atoms with van der Waals surface area (Å²) >= 11 is 1.28. The molecule has 1 aromatic heterocycles. The second-order valence-corrected chi connectivity index (χ2v) is 10.9. The van der Waals surface area contributed by atoms with E-state index in [4.69, 9.17) is 9.47 Å². The molecule has 0 radical (unpaired) electrons. The lowest BCUT2D eigenvalue weighted by Crippen LogP contribution is -2.48. The lowest BCUT2D eigenvalue weighted by atomic mass is 10.1. The van der Waals surface area contributed by atoms with Crippen LogP contribution in [0.3, 0.4) is 0 Å². The van der Waals surface area contributed by atoms with Crippen molar-refractivity contribution in [2.45, 2.75) is 51.7 Å². The summed E-state index contributed by atoms with van der Waals surface area (Å²) in [4.78, 5) is 26.2. The van der Waals surface area contributed by atoms with Crippen LogP contribution < -0.4 is 5.32 Å². The van der Waals surface area contributed by atoms with E-state index in [0.717, 1.165) is 10.4 Å². The number of thiophene rings is 1. The Labute approximate surface area is 192 Å². The molecule has 0 aliphatic carbocycles. The number of morpholine rings is 1. The summed E-state index contributed by atoms with van der Waals surface area (Å²) < 4.78 is 38.4. The van der Waals surface area contributed by atoms with Gasteiger partial charge in [0.15, 0.2) is 0 Å². The smallest absolute Gasteiger partial charge is 0.341 e. The maximum absolute atomic E-state index is 13.2. The molecule has 2 atom stereocenters. The highest BCUT2D eigenvalue weighted by atomic mass is 32.2. The summed E-state index contributed by atoms with van der Waals surface area (Å²) in [5, 5.41) is 3.13. The van der Waals surface area contributed by atoms with Crippen LogP contribution >= 0.6 is 11.3 Å². The molecule has 2 heterocycles. The molecule has 0 bridgehead atoms. The number of hydrogen-bond acceptors (Lipinski definition) is 7. The zero-order valence-electron chi connectivity index (χ0n) is 18.8. The Hall–Kier alpha value is -2.27. The van der Waals surface area contributed by atoms with Crippen molar-refractivity contribution in [1.82, 2.24) is 4.31 Å². The molecule has 1 amide bonds. The number of carbonyl (C=O) groups excluding carboxylic acids is 2. The molecule has 1 saturated heterocycles. The lowest BCUT2D eigenvalue weighted by molar-refractivity contribution is -0.0440. The fraction of sp³-hybridized carbons (Fsp3) is 0.455. The fourth-order valence-corrected chi connectivity index (χ4v) is 6.29. The molecule has 1 aliphatic rings. The van der Waals surface area contributed by atoms with E-state index in [-0.39, 0.29) is 42.4 Å². The van der Waals surface area contributed by atoms with Crippen molar-refractivity contribution in [2.24, 2.45) is 0 Å². The normalized spacial score (nSPS) is 19.5. The van der Waals surface area contributed by atoms with Gasteiger partial charge < -0.3 is 14.8 Å². The molecule has 1 fully saturated rings. The Morgan fingerprint density at radius 1 is 1.22 bits per heavy atom. The van der Waals surface area contributed by atoms with Gasteiger partial charge >= 0.3 is 5.97 Å². The monoisotopic (exact) mass is 480 g/mol. The molecule has 1 N–H and O–H groups in total. The van der Waals surface area contributed by atoms with Gasteiger partial charge in [-0.25, -0.2) is 13.2 Å². The number of rotatable bonds is 6. The van der Waals surface area contributed by atoms with Crippen LogP contribution in [-0.2, 0) is 19.5 Å². The number of esters is 1. The van der Waals surface area contributed by atoms with Crippen molar-refractivity contribution >= 4 is 38.2 Å². The van der Waals surface area contributed by atoms with Gasteiger partial charge in [0.05, 0.1) is 29.3 Å². The van der Waals surface area contributed by atoms with Crippen LogP contribution in [0.25, 0.3) is 0 Å². The maximum Gasteiger partial charge on any atom is 0.341 e. The van der Waals surface area contributed by atoms with Gasteiger partial charge in [0.25, 0.3) is 5.91 Å². The number of nitrogens with one attached hydrogen (secondary N) is 1. The molecule has 174 valence electrons. The Kier molecular flexibility index (Phi) is 7.39. The molecule has 10 heteroatoms. The molecule has 0 unspecified atom stereocenters. The SMILES string of the molecule is CCOC(=O)c1c(NC(=O)c2cccc(S(=O)(=O)N3C[C@H](C)O[C@@H](C)C3)c2)sc(C)c1C. The van der Waals surface area contributed by atoms with Gasteiger partial charge in [0.2, 0.25) is 10.0 Å². The van der Waals surface area contributed by atoms with Gasteiger partial charge in [-0.3, -0.25) is 4.79 Å². The minimum Gasteiger partial charge on any atom is -0.462 e. The van der Waals surface area contributed by atoms with Crippen LogP contribution in [0.4, 0.5) is 5.00 Å². The first kappa shape index (κ1) is 24.4. The summed E-state index contributed by atoms with van der Waals surface area (Å²) in [6.07, 6.45) is -0.432. The van der Waals surface area contributed by atoms with Crippen molar-refractivity contribution in [3.05, 3.63) is 45.8 Å². The Bertz CT molecular complexity index is 1120. The first-order chi connectivity index (χ1) is 15.0. The van der Waals surface area contributed by atoms with Crippen molar-refractivity contribution in [1.29, 1.82) is 0 Å². The van der Waals surface area contributed by atoms with Crippen LogP contribution in [0.2, 0.25) is 0 Å². The highest BCUT2D eigenvalue weighted by Crippen LogP contribution is 2.33. The topological polar surface area (TPSA) is 102 Å². The predicted molar refractivity (Wildman–Crippen MR) is 123 cm³/mol. The number of carbonyl (C=O) groups is 2. The summed E-state index contributed by atoms with van der Waals surface area (Å²) in [5.74, 6) is -1.01. The van der Waals surface area contributed by atoms with Gasteiger partial charge in [-0.2, -0.15) is 4.31 Å². The van der Waals surface area contributed by atoms with E-state index in [0.29, 0.717) is 10.6 Å². The van der Waals surface area contributed by atoms with Crippen molar-refractivity contribution < 1.29 is 27.5 Å². The van der Waals surface area contributed by atoms with Crippen LogP contribution in [-0.4, -0.2) is 56.5 Å². The van der Waals surface area contributed by atoms with Crippen LogP contribution in [0.5, 0.6) is 0 Å². The number of amides is 1. The van der Waals surface area contributed by atoms with Gasteiger partial charge in [0, 0.05) is 23.5 Å². The summed E-state index contributed by atoms with van der Waals surface area (Å²) in [5.41, 5.74) is 1.25. The zero-order valence-corrected chi connectivity index (χ0v) is 20.4.